The minimum atomic E-state index is 0.222. The van der Waals surface area contributed by atoms with E-state index in [0.717, 1.165) is 32.7 Å². The highest BCUT2D eigenvalue weighted by Gasteiger charge is 2.15. The molecule has 1 aliphatic rings. The highest BCUT2D eigenvalue weighted by molar-refractivity contribution is 5.27. The number of benzene rings is 1. The van der Waals surface area contributed by atoms with Crippen LogP contribution in [0.25, 0.3) is 0 Å². The molecule has 2 nitrogen and oxygen atoms in total. The lowest BCUT2D eigenvalue weighted by Crippen LogP contribution is -2.23. The van der Waals surface area contributed by atoms with Crippen LogP contribution < -0.4 is 0 Å². The molecule has 1 aliphatic heterocycles. The molecule has 0 aliphatic carbocycles. The summed E-state index contributed by atoms with van der Waals surface area (Å²) in [5, 5.41) is 0. The van der Waals surface area contributed by atoms with Crippen LogP contribution in [0.1, 0.15) is 44.7 Å². The van der Waals surface area contributed by atoms with E-state index < -0.39 is 0 Å². The lowest BCUT2D eigenvalue weighted by Gasteiger charge is -2.23. The molecular formula is C16H24O2. The molecule has 0 saturated carbocycles. The van der Waals surface area contributed by atoms with Gasteiger partial charge in [-0.25, -0.2) is 0 Å². The fourth-order valence-corrected chi connectivity index (χ4v) is 2.16. The third-order valence-electron chi connectivity index (χ3n) is 3.47. The molecule has 1 heterocycles. The molecule has 0 bridgehead atoms. The molecule has 0 spiro atoms. The number of hydrogen-bond acceptors (Lipinski definition) is 2. The van der Waals surface area contributed by atoms with Crippen molar-refractivity contribution in [3.63, 3.8) is 0 Å². The number of rotatable bonds is 3. The van der Waals surface area contributed by atoms with Crippen LogP contribution in [0.3, 0.4) is 0 Å². The van der Waals surface area contributed by atoms with Crippen molar-refractivity contribution in [1.29, 1.82) is 0 Å². The molecule has 0 aromatic heterocycles. The van der Waals surface area contributed by atoms with Gasteiger partial charge in [-0.15, -0.1) is 0 Å². The van der Waals surface area contributed by atoms with Crippen LogP contribution in [0.4, 0.5) is 0 Å². The minimum Gasteiger partial charge on any atom is -0.381 e. The van der Waals surface area contributed by atoms with Gasteiger partial charge in [-0.2, -0.15) is 0 Å². The molecule has 1 fully saturated rings. The van der Waals surface area contributed by atoms with Crippen LogP contribution in [0.2, 0.25) is 0 Å². The molecular weight excluding hydrogens is 224 g/mol. The Morgan fingerprint density at radius 3 is 2.28 bits per heavy atom. The zero-order chi connectivity index (χ0) is 13.0. The first kappa shape index (κ1) is 13.6. The first-order valence-corrected chi connectivity index (χ1v) is 6.84. The summed E-state index contributed by atoms with van der Waals surface area (Å²) in [4.78, 5) is 0. The van der Waals surface area contributed by atoms with Gasteiger partial charge in [0, 0.05) is 13.2 Å². The standard InChI is InChI=1S/C16H24O2/c1-16(2,3)14-6-4-13(5-7-14)12-18-15-8-10-17-11-9-15/h4-7,15H,8-12H2,1-3H3. The Balaban J connectivity index is 1.86. The maximum Gasteiger partial charge on any atom is 0.0720 e. The fraction of sp³-hybridized carbons (Fsp3) is 0.625. The molecule has 0 radical (unpaired) electrons. The second-order valence-electron chi connectivity index (χ2n) is 6.07. The normalized spacial score (nSPS) is 17.9. The predicted molar refractivity (Wildman–Crippen MR) is 73.8 cm³/mol. The lowest BCUT2D eigenvalue weighted by molar-refractivity contribution is -0.0390. The highest BCUT2D eigenvalue weighted by atomic mass is 16.5. The van der Waals surface area contributed by atoms with Crippen molar-refractivity contribution in [3.05, 3.63) is 35.4 Å². The Bertz CT molecular complexity index is 356. The van der Waals surface area contributed by atoms with Crippen molar-refractivity contribution in [2.24, 2.45) is 0 Å². The average Bonchev–Trinajstić information content (AvgIpc) is 2.37. The summed E-state index contributed by atoms with van der Waals surface area (Å²) in [7, 11) is 0. The molecule has 0 amide bonds. The van der Waals surface area contributed by atoms with Crippen molar-refractivity contribution < 1.29 is 9.47 Å². The Kier molecular flexibility index (Phi) is 4.41. The van der Waals surface area contributed by atoms with Crippen LogP contribution in [-0.2, 0) is 21.5 Å². The van der Waals surface area contributed by atoms with E-state index >= 15 is 0 Å². The molecule has 0 N–H and O–H groups in total. The predicted octanol–water partition coefficient (Wildman–Crippen LogP) is 3.68. The first-order valence-electron chi connectivity index (χ1n) is 6.84. The van der Waals surface area contributed by atoms with Crippen molar-refractivity contribution in [2.75, 3.05) is 13.2 Å². The van der Waals surface area contributed by atoms with E-state index in [4.69, 9.17) is 9.47 Å². The average molecular weight is 248 g/mol. The SMILES string of the molecule is CC(C)(C)c1ccc(COC2CCOCC2)cc1. The Morgan fingerprint density at radius 1 is 1.11 bits per heavy atom. The second kappa shape index (κ2) is 5.85. The van der Waals surface area contributed by atoms with Gasteiger partial charge >= 0.3 is 0 Å². The van der Waals surface area contributed by atoms with Crippen LogP contribution in [-0.4, -0.2) is 19.3 Å². The molecule has 1 aromatic carbocycles. The first-order chi connectivity index (χ1) is 8.55. The molecule has 0 unspecified atom stereocenters. The van der Waals surface area contributed by atoms with Gasteiger partial charge in [0.2, 0.25) is 0 Å². The van der Waals surface area contributed by atoms with Gasteiger partial charge in [-0.1, -0.05) is 45.0 Å². The summed E-state index contributed by atoms with van der Waals surface area (Å²) in [6.45, 7) is 9.11. The molecule has 1 aromatic rings. The summed E-state index contributed by atoms with van der Waals surface area (Å²) in [5.74, 6) is 0. The molecule has 0 atom stereocenters. The lowest BCUT2D eigenvalue weighted by atomic mass is 9.87. The molecule has 2 heteroatoms. The summed E-state index contributed by atoms with van der Waals surface area (Å²) < 4.78 is 11.2. The summed E-state index contributed by atoms with van der Waals surface area (Å²) in [6, 6.07) is 8.78. The molecule has 100 valence electrons. The van der Waals surface area contributed by atoms with Gasteiger partial charge in [0.05, 0.1) is 12.7 Å². The van der Waals surface area contributed by atoms with E-state index in [2.05, 4.69) is 45.0 Å². The van der Waals surface area contributed by atoms with E-state index in [0.29, 0.717) is 6.10 Å². The van der Waals surface area contributed by atoms with Crippen LogP contribution in [0.15, 0.2) is 24.3 Å². The van der Waals surface area contributed by atoms with Gasteiger partial charge < -0.3 is 9.47 Å². The van der Waals surface area contributed by atoms with E-state index in [9.17, 15) is 0 Å². The second-order valence-corrected chi connectivity index (χ2v) is 6.07. The van der Waals surface area contributed by atoms with Crippen molar-refractivity contribution in [3.8, 4) is 0 Å². The van der Waals surface area contributed by atoms with Crippen LogP contribution >= 0.6 is 0 Å². The van der Waals surface area contributed by atoms with Crippen molar-refractivity contribution in [2.45, 2.75) is 51.7 Å². The number of ether oxygens (including phenoxy) is 2. The highest BCUT2D eigenvalue weighted by Crippen LogP contribution is 2.22. The smallest absolute Gasteiger partial charge is 0.0720 e. The van der Waals surface area contributed by atoms with Crippen LogP contribution in [0, 0.1) is 0 Å². The van der Waals surface area contributed by atoms with E-state index in [1.807, 2.05) is 0 Å². The van der Waals surface area contributed by atoms with Crippen molar-refractivity contribution >= 4 is 0 Å². The molecule has 2 rings (SSSR count). The van der Waals surface area contributed by atoms with E-state index in [1.54, 1.807) is 0 Å². The van der Waals surface area contributed by atoms with Gasteiger partial charge in [-0.3, -0.25) is 0 Å². The quantitative estimate of drug-likeness (QED) is 0.812. The largest absolute Gasteiger partial charge is 0.381 e. The maximum absolute atomic E-state index is 5.91. The minimum absolute atomic E-state index is 0.222. The maximum atomic E-state index is 5.91. The third kappa shape index (κ3) is 3.82. The summed E-state index contributed by atoms with van der Waals surface area (Å²) >= 11 is 0. The van der Waals surface area contributed by atoms with Gasteiger partial charge in [0.1, 0.15) is 0 Å². The molecule has 18 heavy (non-hydrogen) atoms. The van der Waals surface area contributed by atoms with E-state index in [-0.39, 0.29) is 5.41 Å². The summed E-state index contributed by atoms with van der Waals surface area (Å²) in [6.07, 6.45) is 2.43. The summed E-state index contributed by atoms with van der Waals surface area (Å²) in [5.41, 5.74) is 2.85. The van der Waals surface area contributed by atoms with Gasteiger partial charge in [0.25, 0.3) is 0 Å². The van der Waals surface area contributed by atoms with E-state index in [1.165, 1.54) is 11.1 Å². The monoisotopic (exact) mass is 248 g/mol. The zero-order valence-electron chi connectivity index (χ0n) is 11.7. The Hall–Kier alpha value is -0.860. The molecule has 1 saturated heterocycles. The van der Waals surface area contributed by atoms with Crippen molar-refractivity contribution in [1.82, 2.24) is 0 Å². The Morgan fingerprint density at radius 2 is 1.72 bits per heavy atom. The van der Waals surface area contributed by atoms with Gasteiger partial charge in [-0.05, 0) is 29.4 Å². The fourth-order valence-electron chi connectivity index (χ4n) is 2.16. The topological polar surface area (TPSA) is 18.5 Å². The van der Waals surface area contributed by atoms with Gasteiger partial charge in [0.15, 0.2) is 0 Å². The number of hydrogen-bond donors (Lipinski definition) is 0. The van der Waals surface area contributed by atoms with Crippen LogP contribution in [0.5, 0.6) is 0 Å². The zero-order valence-corrected chi connectivity index (χ0v) is 11.7. The third-order valence-corrected chi connectivity index (χ3v) is 3.47. The Labute approximate surface area is 110 Å².